The minimum atomic E-state index is -1.14. The molecule has 1 spiro atoms. The van der Waals surface area contributed by atoms with Crippen LogP contribution in [0, 0.1) is 0 Å². The topological polar surface area (TPSA) is 6.48 Å². The molecule has 0 unspecified atom stereocenters. The van der Waals surface area contributed by atoms with Crippen molar-refractivity contribution in [3.63, 3.8) is 0 Å². The van der Waals surface area contributed by atoms with E-state index in [1.165, 1.54) is 33.3 Å². The van der Waals surface area contributed by atoms with Gasteiger partial charge in [-0.25, -0.2) is 0 Å². The summed E-state index contributed by atoms with van der Waals surface area (Å²) in [5.74, 6) is 0. The Labute approximate surface area is 579 Å². The maximum Gasteiger partial charge on any atom is 0.247 e. The first-order chi connectivity index (χ1) is 47.8. The minimum absolute atomic E-state index is 0.145. The average Bonchev–Trinajstić information content (AvgIpc) is 0.661. The van der Waals surface area contributed by atoms with Crippen molar-refractivity contribution in [3.8, 4) is 55.6 Å². The van der Waals surface area contributed by atoms with Crippen molar-refractivity contribution in [2.45, 2.75) is 136 Å². The number of nitrogens with zero attached hydrogens (tertiary/aromatic N) is 2. The van der Waals surface area contributed by atoms with Crippen LogP contribution in [-0.4, -0.2) is 6.71 Å². The lowest BCUT2D eigenvalue weighted by Gasteiger charge is -2.53. The van der Waals surface area contributed by atoms with Crippen LogP contribution in [0.5, 0.6) is 0 Å². The van der Waals surface area contributed by atoms with E-state index in [1.807, 2.05) is 6.07 Å². The van der Waals surface area contributed by atoms with Crippen LogP contribution < -0.4 is 26.2 Å². The van der Waals surface area contributed by atoms with Gasteiger partial charge in [0.1, 0.15) is 0 Å². The van der Waals surface area contributed by atoms with Crippen LogP contribution in [0.4, 0.5) is 34.1 Å². The third kappa shape index (κ3) is 10.5. The van der Waals surface area contributed by atoms with Gasteiger partial charge in [0, 0.05) is 28.2 Å². The highest BCUT2D eigenvalue weighted by Gasteiger charge is 2.56. The normalized spacial score (nSPS) is 14.7. The Morgan fingerprint density at radius 3 is 1.18 bits per heavy atom. The smallest absolute Gasteiger partial charge is 0.247 e. The zero-order valence-electron chi connectivity index (χ0n) is 63.5. The van der Waals surface area contributed by atoms with E-state index < -0.39 is 18.2 Å². The second-order valence-corrected chi connectivity index (χ2v) is 32.3. The van der Waals surface area contributed by atoms with Gasteiger partial charge in [-0.1, -0.05) is 322 Å². The van der Waals surface area contributed by atoms with Gasteiger partial charge < -0.3 is 9.80 Å². The summed E-state index contributed by atoms with van der Waals surface area (Å²) in [4.78, 5) is 5.10. The van der Waals surface area contributed by atoms with E-state index in [9.17, 15) is 5.48 Å². The van der Waals surface area contributed by atoms with Gasteiger partial charge in [0.05, 0.1) is 29.3 Å². The Morgan fingerprint density at radius 1 is 0.292 bits per heavy atom. The highest BCUT2D eigenvalue weighted by atomic mass is 15.2. The predicted molar refractivity (Wildman–Crippen MR) is 413 cm³/mol. The van der Waals surface area contributed by atoms with Gasteiger partial charge in [0.15, 0.2) is 0 Å². The van der Waals surface area contributed by atoms with E-state index >= 15 is 0 Å². The second-order valence-electron chi connectivity index (χ2n) is 32.3. The van der Waals surface area contributed by atoms with Crippen molar-refractivity contribution in [1.82, 2.24) is 0 Å². The van der Waals surface area contributed by atoms with Crippen LogP contribution in [0.3, 0.4) is 0 Å². The lowest BCUT2D eigenvalue weighted by atomic mass is 9.29. The number of hydrogen-bond acceptors (Lipinski definition) is 2. The quantitative estimate of drug-likeness (QED) is 0.147. The Hall–Kier alpha value is -9.70. The SMILES string of the molecule is [2H]c1c([2H])c([2H])c(-c2ccc3c(c2)C2(c4ccccc4N(c4ccccc4)c4ccccc42)c2cc(-c4cc(C(C)(C)C)cc(C(C)(C)C)c4)cc4c2B3c2ccc(-c3cc(C(C)(C)C)cc(C(C)(C)C)c3)cc2N4c2c(-c3ccccc3)cc(C(C)(C)C)cc2-c2ccccc2)c([2H])c1[2H]. The largest absolute Gasteiger partial charge is 0.310 e. The lowest BCUT2D eigenvalue weighted by molar-refractivity contribution is 0.568. The Morgan fingerprint density at radius 2 is 0.688 bits per heavy atom. The molecule has 3 heteroatoms. The lowest BCUT2D eigenvalue weighted by Crippen LogP contribution is -2.65. The molecule has 96 heavy (non-hydrogen) atoms. The highest BCUT2D eigenvalue weighted by Crippen LogP contribution is 2.61. The first-order valence-electron chi connectivity index (χ1n) is 36.8. The monoisotopic (exact) mass is 1250 g/mol. The van der Waals surface area contributed by atoms with Crippen LogP contribution in [0.2, 0.25) is 0 Å². The molecule has 0 atom stereocenters. The molecule has 0 radical (unpaired) electrons. The molecule has 0 aliphatic carbocycles. The Bertz CT molecular complexity index is 5130. The predicted octanol–water partition coefficient (Wildman–Crippen LogP) is 23.3. The van der Waals surface area contributed by atoms with Gasteiger partial charge in [-0.15, -0.1) is 0 Å². The summed E-state index contributed by atoms with van der Waals surface area (Å²) in [5, 5.41) is 0. The van der Waals surface area contributed by atoms with Crippen LogP contribution in [0.15, 0.2) is 267 Å². The summed E-state index contributed by atoms with van der Waals surface area (Å²) in [5.41, 5.74) is 27.5. The molecular formula is C93H89BN2. The van der Waals surface area contributed by atoms with Crippen molar-refractivity contribution < 1.29 is 6.85 Å². The fraction of sp³-hybridized carbons (Fsp3) is 0.226. The average molecular weight is 1250 g/mol. The molecule has 474 valence electrons. The van der Waals surface area contributed by atoms with Crippen molar-refractivity contribution in [2.24, 2.45) is 0 Å². The highest BCUT2D eigenvalue weighted by molar-refractivity contribution is 6.99. The molecule has 3 heterocycles. The van der Waals surface area contributed by atoms with Crippen LogP contribution in [0.25, 0.3) is 55.6 Å². The summed E-state index contributed by atoms with van der Waals surface area (Å²) in [6.45, 7) is 34.4. The molecule has 0 saturated heterocycles. The van der Waals surface area contributed by atoms with Crippen molar-refractivity contribution in [3.05, 3.63) is 317 Å². The molecule has 3 aliphatic rings. The summed E-state index contributed by atoms with van der Waals surface area (Å²) >= 11 is 0. The third-order valence-electron chi connectivity index (χ3n) is 20.7. The molecule has 0 amide bonds. The molecule has 0 N–H and O–H groups in total. The number of rotatable bonds is 7. The first kappa shape index (κ1) is 56.6. The maximum absolute atomic E-state index is 9.69. The van der Waals surface area contributed by atoms with E-state index in [-0.39, 0.29) is 56.8 Å². The third-order valence-corrected chi connectivity index (χ3v) is 20.7. The van der Waals surface area contributed by atoms with Gasteiger partial charge >= 0.3 is 0 Å². The Balaban J connectivity index is 1.20. The van der Waals surface area contributed by atoms with Gasteiger partial charge in [-0.05, 0) is 187 Å². The molecular weight excluding hydrogens is 1160 g/mol. The molecule has 0 saturated carbocycles. The van der Waals surface area contributed by atoms with Crippen LogP contribution >= 0.6 is 0 Å². The number of hydrogen-bond donors (Lipinski definition) is 0. The molecule has 2 nitrogen and oxygen atoms in total. The summed E-state index contributed by atoms with van der Waals surface area (Å²) in [6.07, 6.45) is 0. The van der Waals surface area contributed by atoms with Gasteiger partial charge in [-0.3, -0.25) is 0 Å². The van der Waals surface area contributed by atoms with Crippen LogP contribution in [-0.2, 0) is 32.5 Å². The fourth-order valence-electron chi connectivity index (χ4n) is 15.4. The minimum Gasteiger partial charge on any atom is -0.310 e. The van der Waals surface area contributed by atoms with Crippen molar-refractivity contribution in [1.29, 1.82) is 0 Å². The number of fused-ring (bicyclic) bond motifs is 10. The molecule has 15 rings (SSSR count). The number of anilines is 6. The number of benzene rings is 12. The van der Waals surface area contributed by atoms with E-state index in [0.717, 1.165) is 112 Å². The van der Waals surface area contributed by atoms with Crippen LogP contribution in [0.1, 0.15) is 161 Å². The molecule has 12 aromatic carbocycles. The maximum atomic E-state index is 9.69. The molecule has 0 aromatic heterocycles. The van der Waals surface area contributed by atoms with Crippen molar-refractivity contribution in [2.75, 3.05) is 9.80 Å². The molecule has 0 bridgehead atoms. The van der Waals surface area contributed by atoms with Crippen molar-refractivity contribution >= 4 is 57.2 Å². The molecule has 0 fully saturated rings. The first-order valence-corrected chi connectivity index (χ1v) is 34.3. The van der Waals surface area contributed by atoms with Gasteiger partial charge in [0.25, 0.3) is 0 Å². The zero-order valence-corrected chi connectivity index (χ0v) is 58.5. The summed E-state index contributed by atoms with van der Waals surface area (Å²) in [7, 11) is 0. The second kappa shape index (κ2) is 22.7. The van der Waals surface area contributed by atoms with E-state index in [0.29, 0.717) is 5.56 Å². The van der Waals surface area contributed by atoms with E-state index in [4.69, 9.17) is 1.37 Å². The van der Waals surface area contributed by atoms with Gasteiger partial charge in [0.2, 0.25) is 6.71 Å². The van der Waals surface area contributed by atoms with Gasteiger partial charge in [-0.2, -0.15) is 0 Å². The summed E-state index contributed by atoms with van der Waals surface area (Å²) in [6, 6.07) is 87.3. The molecule has 3 aliphatic heterocycles. The fourth-order valence-corrected chi connectivity index (χ4v) is 15.4. The van der Waals surface area contributed by atoms with E-state index in [1.54, 1.807) is 0 Å². The zero-order chi connectivity index (χ0) is 71.4. The summed E-state index contributed by atoms with van der Waals surface area (Å²) < 4.78 is 46.5. The number of para-hydroxylation sites is 3. The molecule has 12 aromatic rings. The standard InChI is InChI=1S/C93H89BN2/c1-88(2,3)68-48-65(49-69(56-68)89(4,5)6)64-45-47-81-84(54-64)96(87-74(61-34-22-17-23-35-61)58-72(92(13,14)15)59-75(87)62-36-24-18-25-37-62)85-55-67(66-50-70(90(7,8)9)57-71(51-66)91(10,11)12)53-79-86(85)94(81)80-46-44-63(60-32-20-16-21-33-60)52-78(80)93(79)76-40-28-30-42-82(76)95(73-38-26-19-27-39-73)83-43-31-29-41-77(83)93/h16-59H,1-15H3/i16D,20D,21D,32D,33D. The van der Waals surface area contributed by atoms with E-state index in [2.05, 4.69) is 344 Å². The Kier molecular flexibility index (Phi) is 13.4.